The Morgan fingerprint density at radius 3 is 2.55 bits per heavy atom. The molecule has 20 heavy (non-hydrogen) atoms. The molecule has 1 aliphatic heterocycles. The summed E-state index contributed by atoms with van der Waals surface area (Å²) in [5, 5.41) is 4.08. The molecule has 1 aliphatic carbocycles. The Labute approximate surface area is 126 Å². The van der Waals surface area contributed by atoms with E-state index < -0.39 is 5.54 Å². The first-order valence-electron chi connectivity index (χ1n) is 7.84. The van der Waals surface area contributed by atoms with Crippen molar-refractivity contribution in [3.05, 3.63) is 0 Å². The Hall–Kier alpha value is -0.260. The van der Waals surface area contributed by atoms with Crippen molar-refractivity contribution >= 4 is 17.7 Å². The lowest BCUT2D eigenvalue weighted by Crippen LogP contribution is -2.57. The van der Waals surface area contributed by atoms with Gasteiger partial charge >= 0.3 is 5.97 Å². The molecule has 1 atom stereocenters. The average molecular weight is 301 g/mol. The zero-order valence-corrected chi connectivity index (χ0v) is 13.5. The predicted octanol–water partition coefficient (Wildman–Crippen LogP) is 2.22. The molecule has 0 bridgehead atoms. The van der Waals surface area contributed by atoms with Gasteiger partial charge in [-0.05, 0) is 45.1 Å². The van der Waals surface area contributed by atoms with E-state index in [1.54, 1.807) is 0 Å². The number of ether oxygens (including phenoxy) is 2. The summed E-state index contributed by atoms with van der Waals surface area (Å²) < 4.78 is 10.8. The first-order chi connectivity index (χ1) is 9.73. The molecule has 0 spiro atoms. The third-order valence-corrected chi connectivity index (χ3v) is 5.69. The standard InChI is InChI=1S/C15H27NO3S/c1-3-16-15(12-5-6-12,14(17)19-4-2)11-20-13-7-9-18-10-8-13/h12-13,16H,3-11H2,1-2H3. The second-order valence-corrected chi connectivity index (χ2v) is 6.91. The first-order valence-corrected chi connectivity index (χ1v) is 8.89. The summed E-state index contributed by atoms with van der Waals surface area (Å²) in [6, 6.07) is 0. The van der Waals surface area contributed by atoms with Crippen molar-refractivity contribution in [3.8, 4) is 0 Å². The highest BCUT2D eigenvalue weighted by atomic mass is 32.2. The molecular weight excluding hydrogens is 274 g/mol. The zero-order chi connectivity index (χ0) is 14.4. The summed E-state index contributed by atoms with van der Waals surface area (Å²) in [5.41, 5.74) is -0.465. The van der Waals surface area contributed by atoms with Gasteiger partial charge in [-0.3, -0.25) is 4.79 Å². The quantitative estimate of drug-likeness (QED) is 0.697. The van der Waals surface area contributed by atoms with Gasteiger partial charge in [-0.1, -0.05) is 6.92 Å². The van der Waals surface area contributed by atoms with Crippen molar-refractivity contribution in [1.29, 1.82) is 0 Å². The molecule has 1 heterocycles. The van der Waals surface area contributed by atoms with Gasteiger partial charge in [0.25, 0.3) is 0 Å². The molecule has 0 aromatic rings. The SMILES string of the molecule is CCNC(CSC1CCOCC1)(C(=O)OCC)C1CC1. The molecule has 1 saturated carbocycles. The van der Waals surface area contributed by atoms with Crippen molar-refractivity contribution in [2.75, 3.05) is 32.1 Å². The Bertz CT molecular complexity index is 316. The van der Waals surface area contributed by atoms with Crippen molar-refractivity contribution < 1.29 is 14.3 Å². The molecule has 1 unspecified atom stereocenters. The van der Waals surface area contributed by atoms with E-state index >= 15 is 0 Å². The number of carbonyl (C=O) groups excluding carboxylic acids is 1. The van der Waals surface area contributed by atoms with Gasteiger partial charge in [0.15, 0.2) is 0 Å². The summed E-state index contributed by atoms with van der Waals surface area (Å²) in [5.74, 6) is 1.23. The summed E-state index contributed by atoms with van der Waals surface area (Å²) in [6.07, 6.45) is 4.47. The molecule has 2 aliphatic rings. The number of esters is 1. The fourth-order valence-corrected chi connectivity index (χ4v) is 4.33. The van der Waals surface area contributed by atoms with Crippen LogP contribution in [0.5, 0.6) is 0 Å². The third-order valence-electron chi connectivity index (χ3n) is 4.12. The van der Waals surface area contributed by atoms with Crippen LogP contribution < -0.4 is 5.32 Å². The maximum absolute atomic E-state index is 12.5. The van der Waals surface area contributed by atoms with E-state index in [-0.39, 0.29) is 5.97 Å². The molecule has 2 rings (SSSR count). The number of hydrogen-bond donors (Lipinski definition) is 1. The lowest BCUT2D eigenvalue weighted by Gasteiger charge is -2.34. The predicted molar refractivity (Wildman–Crippen MR) is 82.1 cm³/mol. The van der Waals surface area contributed by atoms with Gasteiger partial charge in [0.05, 0.1) is 6.61 Å². The molecule has 0 amide bonds. The molecule has 0 aromatic heterocycles. The maximum Gasteiger partial charge on any atom is 0.327 e. The van der Waals surface area contributed by atoms with E-state index in [1.807, 2.05) is 18.7 Å². The van der Waals surface area contributed by atoms with Gasteiger partial charge in [-0.2, -0.15) is 11.8 Å². The average Bonchev–Trinajstić information content (AvgIpc) is 3.30. The fourth-order valence-electron chi connectivity index (χ4n) is 2.85. The molecule has 0 radical (unpaired) electrons. The van der Waals surface area contributed by atoms with Crippen LogP contribution in [0.3, 0.4) is 0 Å². The second kappa shape index (κ2) is 7.66. The van der Waals surface area contributed by atoms with E-state index in [0.29, 0.717) is 17.8 Å². The fraction of sp³-hybridized carbons (Fsp3) is 0.933. The van der Waals surface area contributed by atoms with E-state index in [9.17, 15) is 4.79 Å². The van der Waals surface area contributed by atoms with Crippen LogP contribution in [0.2, 0.25) is 0 Å². The number of rotatable bonds is 8. The first kappa shape index (κ1) is 16.1. The lowest BCUT2D eigenvalue weighted by atomic mass is 9.95. The Morgan fingerprint density at radius 1 is 1.30 bits per heavy atom. The highest BCUT2D eigenvalue weighted by Crippen LogP contribution is 2.43. The normalized spacial score (nSPS) is 23.3. The zero-order valence-electron chi connectivity index (χ0n) is 12.7. The molecule has 2 fully saturated rings. The van der Waals surface area contributed by atoms with Crippen LogP contribution in [0.1, 0.15) is 39.5 Å². The highest BCUT2D eigenvalue weighted by molar-refractivity contribution is 8.00. The van der Waals surface area contributed by atoms with Crippen LogP contribution >= 0.6 is 11.8 Å². The Morgan fingerprint density at radius 2 is 2.00 bits per heavy atom. The van der Waals surface area contributed by atoms with Gasteiger partial charge in [0, 0.05) is 24.2 Å². The Balaban J connectivity index is 1.98. The van der Waals surface area contributed by atoms with E-state index in [1.165, 1.54) is 0 Å². The molecule has 5 heteroatoms. The van der Waals surface area contributed by atoms with Crippen LogP contribution in [-0.2, 0) is 14.3 Å². The summed E-state index contributed by atoms with van der Waals surface area (Å²) in [6.45, 7) is 6.93. The second-order valence-electron chi connectivity index (χ2n) is 5.62. The van der Waals surface area contributed by atoms with E-state index in [0.717, 1.165) is 51.2 Å². The highest BCUT2D eigenvalue weighted by Gasteiger charge is 2.51. The van der Waals surface area contributed by atoms with Crippen LogP contribution in [0.4, 0.5) is 0 Å². The van der Waals surface area contributed by atoms with Crippen molar-refractivity contribution in [3.63, 3.8) is 0 Å². The number of carbonyl (C=O) groups is 1. The Kier molecular flexibility index (Phi) is 6.18. The number of thioether (sulfide) groups is 1. The number of hydrogen-bond acceptors (Lipinski definition) is 5. The number of nitrogens with one attached hydrogen (secondary N) is 1. The van der Waals surface area contributed by atoms with Crippen molar-refractivity contribution in [2.24, 2.45) is 5.92 Å². The van der Waals surface area contributed by atoms with Crippen LogP contribution in [0.25, 0.3) is 0 Å². The molecule has 1 saturated heterocycles. The minimum atomic E-state index is -0.465. The topological polar surface area (TPSA) is 47.6 Å². The largest absolute Gasteiger partial charge is 0.465 e. The van der Waals surface area contributed by atoms with Gasteiger partial charge in [-0.15, -0.1) is 0 Å². The molecule has 1 N–H and O–H groups in total. The molecular formula is C15H27NO3S. The monoisotopic (exact) mass is 301 g/mol. The van der Waals surface area contributed by atoms with E-state index in [4.69, 9.17) is 9.47 Å². The maximum atomic E-state index is 12.5. The van der Waals surface area contributed by atoms with Gasteiger partial charge in [0.1, 0.15) is 5.54 Å². The van der Waals surface area contributed by atoms with Gasteiger partial charge < -0.3 is 14.8 Å². The number of likely N-dealkylation sites (N-methyl/N-ethyl adjacent to an activating group) is 1. The molecule has 4 nitrogen and oxygen atoms in total. The summed E-state index contributed by atoms with van der Waals surface area (Å²) in [7, 11) is 0. The van der Waals surface area contributed by atoms with Crippen molar-refractivity contribution in [2.45, 2.75) is 50.3 Å². The molecule has 116 valence electrons. The molecule has 0 aromatic carbocycles. The summed E-state index contributed by atoms with van der Waals surface area (Å²) >= 11 is 1.92. The minimum Gasteiger partial charge on any atom is -0.465 e. The summed E-state index contributed by atoms with van der Waals surface area (Å²) in [4.78, 5) is 12.5. The van der Waals surface area contributed by atoms with Gasteiger partial charge in [-0.25, -0.2) is 0 Å². The van der Waals surface area contributed by atoms with Crippen LogP contribution in [0.15, 0.2) is 0 Å². The van der Waals surface area contributed by atoms with Crippen LogP contribution in [0, 0.1) is 5.92 Å². The van der Waals surface area contributed by atoms with Gasteiger partial charge in [0.2, 0.25) is 0 Å². The van der Waals surface area contributed by atoms with E-state index in [2.05, 4.69) is 12.2 Å². The lowest BCUT2D eigenvalue weighted by molar-refractivity contribution is -0.151. The smallest absolute Gasteiger partial charge is 0.327 e. The van der Waals surface area contributed by atoms with Crippen LogP contribution in [-0.4, -0.2) is 48.9 Å². The minimum absolute atomic E-state index is 0.0519. The third kappa shape index (κ3) is 3.89. The van der Waals surface area contributed by atoms with Crippen molar-refractivity contribution in [1.82, 2.24) is 5.32 Å².